The third-order valence-electron chi connectivity index (χ3n) is 4.72. The minimum atomic E-state index is -1.58. The second kappa shape index (κ2) is 6.70. The number of carbonyl (C=O) groups excluding carboxylic acids is 1. The number of amides is 2. The van der Waals surface area contributed by atoms with Crippen LogP contribution in [0.3, 0.4) is 0 Å². The molecule has 1 N–H and O–H groups in total. The molecule has 2 amide bonds. The second-order valence-electron chi connectivity index (χ2n) is 6.55. The number of nitrogens with zero attached hydrogens (tertiary/aromatic N) is 4. The molecular weight excluding hydrogens is 375 g/mol. The average Bonchev–Trinajstić information content (AvgIpc) is 3.26. The number of anilines is 1. The fourth-order valence-electron chi connectivity index (χ4n) is 3.34. The van der Waals surface area contributed by atoms with Gasteiger partial charge in [0.05, 0.1) is 11.7 Å². The van der Waals surface area contributed by atoms with Gasteiger partial charge in [0, 0.05) is 49.6 Å². The molecule has 1 aliphatic rings. The van der Waals surface area contributed by atoms with Crippen molar-refractivity contribution in [3.05, 3.63) is 53.1 Å². The molecule has 0 unspecified atom stereocenters. The van der Waals surface area contributed by atoms with Gasteiger partial charge in [-0.25, -0.2) is 18.0 Å². The lowest BCUT2D eigenvalue weighted by Crippen LogP contribution is -2.41. The summed E-state index contributed by atoms with van der Waals surface area (Å²) in [5.41, 5.74) is 1.88. The molecule has 10 heteroatoms. The van der Waals surface area contributed by atoms with E-state index in [2.05, 4.69) is 15.6 Å². The molecule has 146 valence electrons. The van der Waals surface area contributed by atoms with Crippen LogP contribution in [0.25, 0.3) is 11.5 Å². The van der Waals surface area contributed by atoms with Crippen molar-refractivity contribution in [2.24, 2.45) is 7.05 Å². The van der Waals surface area contributed by atoms with Crippen LogP contribution in [0.2, 0.25) is 0 Å². The summed E-state index contributed by atoms with van der Waals surface area (Å²) in [6.07, 6.45) is 2.22. The van der Waals surface area contributed by atoms with Gasteiger partial charge in [-0.3, -0.25) is 4.68 Å². The van der Waals surface area contributed by atoms with Crippen molar-refractivity contribution < 1.29 is 22.5 Å². The lowest BCUT2D eigenvalue weighted by molar-refractivity contribution is 0.188. The van der Waals surface area contributed by atoms with Gasteiger partial charge in [-0.15, -0.1) is 0 Å². The third-order valence-corrected chi connectivity index (χ3v) is 4.72. The first kappa shape index (κ1) is 18.1. The number of aryl methyl sites for hydroxylation is 1. The quantitative estimate of drug-likeness (QED) is 0.677. The van der Waals surface area contributed by atoms with E-state index in [9.17, 15) is 18.0 Å². The number of benzene rings is 1. The zero-order valence-corrected chi connectivity index (χ0v) is 15.0. The molecule has 0 spiro atoms. The highest BCUT2D eigenvalue weighted by Gasteiger charge is 2.34. The first-order chi connectivity index (χ1) is 13.3. The van der Waals surface area contributed by atoms with Gasteiger partial charge in [0.15, 0.2) is 23.2 Å². The van der Waals surface area contributed by atoms with Crippen LogP contribution < -0.4 is 5.32 Å². The number of rotatable bonds is 2. The van der Waals surface area contributed by atoms with Crippen molar-refractivity contribution in [1.82, 2.24) is 19.8 Å². The van der Waals surface area contributed by atoms with Crippen LogP contribution in [-0.2, 0) is 13.5 Å². The highest BCUT2D eigenvalue weighted by molar-refractivity contribution is 5.90. The number of aromatic nitrogens is 3. The molecule has 0 saturated heterocycles. The fourth-order valence-corrected chi connectivity index (χ4v) is 3.34. The molecule has 3 aromatic rings. The van der Waals surface area contributed by atoms with Crippen molar-refractivity contribution in [3.8, 4) is 11.5 Å². The highest BCUT2D eigenvalue weighted by atomic mass is 19.2. The first-order valence-corrected chi connectivity index (χ1v) is 8.55. The number of urea groups is 1. The van der Waals surface area contributed by atoms with Crippen LogP contribution in [0.4, 0.5) is 23.7 Å². The summed E-state index contributed by atoms with van der Waals surface area (Å²) in [5.74, 6) is -3.86. The molecule has 1 atom stereocenters. The highest BCUT2D eigenvalue weighted by Crippen LogP contribution is 2.37. The minimum absolute atomic E-state index is 0.172. The topological polar surface area (TPSA) is 76.2 Å². The largest absolute Gasteiger partial charge is 0.354 e. The Bertz CT molecular complexity index is 1040. The summed E-state index contributed by atoms with van der Waals surface area (Å²) < 4.78 is 47.0. The van der Waals surface area contributed by atoms with E-state index in [4.69, 9.17) is 4.52 Å². The van der Waals surface area contributed by atoms with E-state index >= 15 is 0 Å². The maximum atomic E-state index is 13.4. The predicted molar refractivity (Wildman–Crippen MR) is 92.9 cm³/mol. The number of halogens is 3. The van der Waals surface area contributed by atoms with Gasteiger partial charge in [0.1, 0.15) is 5.69 Å². The lowest BCUT2D eigenvalue weighted by Gasteiger charge is -2.33. The Balaban J connectivity index is 1.60. The molecule has 0 aliphatic carbocycles. The maximum absolute atomic E-state index is 13.4. The normalized spacial score (nSPS) is 16.2. The Labute approximate surface area is 157 Å². The summed E-state index contributed by atoms with van der Waals surface area (Å²) in [6, 6.07) is 2.25. The van der Waals surface area contributed by atoms with Crippen LogP contribution in [0, 0.1) is 17.5 Å². The Kier molecular flexibility index (Phi) is 4.33. The van der Waals surface area contributed by atoms with Crippen LogP contribution in [0.5, 0.6) is 0 Å². The number of nitrogens with one attached hydrogen (secondary N) is 1. The lowest BCUT2D eigenvalue weighted by atomic mass is 9.97. The van der Waals surface area contributed by atoms with Crippen molar-refractivity contribution in [2.75, 3.05) is 11.9 Å². The Morgan fingerprint density at radius 1 is 1.29 bits per heavy atom. The van der Waals surface area contributed by atoms with Gasteiger partial charge < -0.3 is 14.7 Å². The van der Waals surface area contributed by atoms with Gasteiger partial charge in [-0.1, -0.05) is 5.16 Å². The van der Waals surface area contributed by atoms with Gasteiger partial charge in [-0.05, 0) is 13.0 Å². The zero-order chi connectivity index (χ0) is 20.0. The molecule has 0 saturated carbocycles. The molecule has 28 heavy (non-hydrogen) atoms. The Morgan fingerprint density at radius 3 is 2.64 bits per heavy atom. The smallest absolute Gasteiger partial charge is 0.322 e. The fraction of sp³-hybridized carbons (Fsp3) is 0.278. The Morgan fingerprint density at radius 2 is 2.00 bits per heavy atom. The summed E-state index contributed by atoms with van der Waals surface area (Å²) in [6.45, 7) is 2.13. The van der Waals surface area contributed by atoms with E-state index in [0.717, 1.165) is 23.4 Å². The zero-order valence-electron chi connectivity index (χ0n) is 15.0. The summed E-state index contributed by atoms with van der Waals surface area (Å²) in [5, 5.41) is 10.8. The summed E-state index contributed by atoms with van der Waals surface area (Å²) in [4.78, 5) is 14.2. The van der Waals surface area contributed by atoms with Crippen molar-refractivity contribution in [3.63, 3.8) is 0 Å². The van der Waals surface area contributed by atoms with E-state index in [-0.39, 0.29) is 5.69 Å². The molecule has 2 aromatic heterocycles. The van der Waals surface area contributed by atoms with Crippen LogP contribution >= 0.6 is 0 Å². The SMILES string of the molecule is C[C@H]1c2c(noc2-c2ccn(C)n2)CCN1C(=O)Nc1cc(F)c(F)c(F)c1. The number of hydrogen-bond acceptors (Lipinski definition) is 4. The molecule has 0 fully saturated rings. The van der Waals surface area contributed by atoms with Crippen molar-refractivity contribution in [1.29, 1.82) is 0 Å². The molecule has 1 aliphatic heterocycles. The summed E-state index contributed by atoms with van der Waals surface area (Å²) >= 11 is 0. The number of fused-ring (bicyclic) bond motifs is 1. The van der Waals surface area contributed by atoms with Gasteiger partial charge in [0.25, 0.3) is 0 Å². The standard InChI is InChI=1S/C18H16F3N5O2/c1-9-15-13(24-28-17(15)14-3-5-25(2)23-14)4-6-26(9)18(27)22-10-7-11(19)16(21)12(20)8-10/h3,5,7-9H,4,6H2,1-2H3,(H,22,27)/t9-/m0/s1. The van der Waals surface area contributed by atoms with Gasteiger partial charge in [0.2, 0.25) is 0 Å². The van der Waals surface area contributed by atoms with E-state index < -0.39 is 29.5 Å². The van der Waals surface area contributed by atoms with E-state index in [0.29, 0.717) is 24.4 Å². The van der Waals surface area contributed by atoms with Crippen molar-refractivity contribution in [2.45, 2.75) is 19.4 Å². The minimum Gasteiger partial charge on any atom is -0.354 e. The van der Waals surface area contributed by atoms with Gasteiger partial charge in [-0.2, -0.15) is 5.10 Å². The van der Waals surface area contributed by atoms with Gasteiger partial charge >= 0.3 is 6.03 Å². The monoisotopic (exact) mass is 391 g/mol. The van der Waals surface area contributed by atoms with Crippen molar-refractivity contribution >= 4 is 11.7 Å². The van der Waals surface area contributed by atoms with E-state index in [1.807, 2.05) is 0 Å². The molecule has 7 nitrogen and oxygen atoms in total. The Hall–Kier alpha value is -3.30. The second-order valence-corrected chi connectivity index (χ2v) is 6.55. The maximum Gasteiger partial charge on any atom is 0.322 e. The molecule has 3 heterocycles. The average molecular weight is 391 g/mol. The molecular formula is C18H16F3N5O2. The molecule has 1 aromatic carbocycles. The molecule has 4 rings (SSSR count). The van der Waals surface area contributed by atoms with Crippen LogP contribution in [0.15, 0.2) is 28.9 Å². The first-order valence-electron chi connectivity index (χ1n) is 8.55. The predicted octanol–water partition coefficient (Wildman–Crippen LogP) is 3.64. The van der Waals surface area contributed by atoms with Crippen LogP contribution in [0.1, 0.15) is 24.2 Å². The summed E-state index contributed by atoms with van der Waals surface area (Å²) in [7, 11) is 1.77. The van der Waals surface area contributed by atoms with Crippen LogP contribution in [-0.4, -0.2) is 32.4 Å². The third kappa shape index (κ3) is 3.00. The molecule has 0 radical (unpaired) electrons. The molecule has 0 bridgehead atoms. The number of carbonyl (C=O) groups is 1. The van der Waals surface area contributed by atoms with E-state index in [1.54, 1.807) is 30.9 Å². The van der Waals surface area contributed by atoms with E-state index in [1.165, 1.54) is 4.90 Å². The number of hydrogen-bond donors (Lipinski definition) is 1.